The standard InChI is InChI=1S/C36H33F3N8O3/c1-22-41-33(50-44-22)25-4-2-23(3-5-25)24-9-14-46(15-10-24)31(48)20-45-16-11-35(21-45)12-17-47(34(35)49)27-6-7-29-28(19-27)32(43-42-29)26-8-13-40-30(18-26)36(37,38)39/h2-9,13,18-19H,10-12,14-17,20-21H2,1H3,(H,42,43). The zero-order valence-corrected chi connectivity index (χ0v) is 27.2. The zero-order chi connectivity index (χ0) is 34.6. The van der Waals surface area contributed by atoms with Crippen LogP contribution < -0.4 is 4.90 Å². The Hall–Kier alpha value is -5.37. The van der Waals surface area contributed by atoms with Gasteiger partial charge in [0.05, 0.1) is 17.5 Å². The van der Waals surface area contributed by atoms with Gasteiger partial charge in [0.2, 0.25) is 11.8 Å². The van der Waals surface area contributed by atoms with E-state index in [1.54, 1.807) is 24.0 Å². The minimum absolute atomic E-state index is 0.00547. The number of carbonyl (C=O) groups is 2. The van der Waals surface area contributed by atoms with Crippen LogP contribution in [0.4, 0.5) is 18.9 Å². The average Bonchev–Trinajstić information content (AvgIpc) is 3.92. The second-order valence-corrected chi connectivity index (χ2v) is 13.2. The summed E-state index contributed by atoms with van der Waals surface area (Å²) < 4.78 is 45.2. The molecule has 3 aromatic heterocycles. The quantitative estimate of drug-likeness (QED) is 0.240. The topological polar surface area (TPSA) is 124 Å². The number of anilines is 1. The Bertz CT molecular complexity index is 2140. The molecule has 11 nitrogen and oxygen atoms in total. The molecule has 256 valence electrons. The molecule has 1 N–H and O–H groups in total. The molecule has 2 fully saturated rings. The molecule has 6 heterocycles. The predicted octanol–water partition coefficient (Wildman–Crippen LogP) is 5.75. The van der Waals surface area contributed by atoms with Gasteiger partial charge in [-0.2, -0.15) is 23.3 Å². The summed E-state index contributed by atoms with van der Waals surface area (Å²) in [6.07, 6.45) is 0.705. The van der Waals surface area contributed by atoms with Crippen molar-refractivity contribution < 1.29 is 27.3 Å². The molecule has 1 unspecified atom stereocenters. The molecule has 2 saturated heterocycles. The number of halogens is 3. The molecule has 3 aliphatic heterocycles. The Kier molecular flexibility index (Phi) is 7.77. The van der Waals surface area contributed by atoms with E-state index in [0.29, 0.717) is 79.6 Å². The van der Waals surface area contributed by atoms with E-state index in [4.69, 9.17) is 4.52 Å². The predicted molar refractivity (Wildman–Crippen MR) is 178 cm³/mol. The highest BCUT2D eigenvalue weighted by Gasteiger charge is 2.51. The summed E-state index contributed by atoms with van der Waals surface area (Å²) in [7, 11) is 0. The largest absolute Gasteiger partial charge is 0.433 e. The van der Waals surface area contributed by atoms with E-state index in [1.807, 2.05) is 35.2 Å². The summed E-state index contributed by atoms with van der Waals surface area (Å²) in [6.45, 7) is 4.86. The van der Waals surface area contributed by atoms with Gasteiger partial charge in [-0.05, 0) is 86.3 Å². The van der Waals surface area contributed by atoms with Crippen molar-refractivity contribution in [3.05, 3.63) is 84.0 Å². The van der Waals surface area contributed by atoms with E-state index in [9.17, 15) is 22.8 Å². The number of pyridine rings is 1. The summed E-state index contributed by atoms with van der Waals surface area (Å²) in [5.41, 5.74) is 3.51. The summed E-state index contributed by atoms with van der Waals surface area (Å²) in [5.74, 6) is 1.12. The molecule has 3 aliphatic rings. The Morgan fingerprint density at radius 1 is 1.00 bits per heavy atom. The number of amides is 2. The molecule has 2 aromatic carbocycles. The zero-order valence-electron chi connectivity index (χ0n) is 27.2. The van der Waals surface area contributed by atoms with Crippen molar-refractivity contribution in [3.63, 3.8) is 0 Å². The van der Waals surface area contributed by atoms with Crippen LogP contribution in [0, 0.1) is 12.3 Å². The van der Waals surface area contributed by atoms with Gasteiger partial charge >= 0.3 is 6.18 Å². The fourth-order valence-corrected chi connectivity index (χ4v) is 7.35. The van der Waals surface area contributed by atoms with E-state index in [-0.39, 0.29) is 23.9 Å². The van der Waals surface area contributed by atoms with Crippen LogP contribution in [0.2, 0.25) is 0 Å². The molecule has 14 heteroatoms. The number of aromatic amines is 1. The minimum atomic E-state index is -4.58. The number of aromatic nitrogens is 5. The fraction of sp³-hybridized carbons (Fsp3) is 0.333. The lowest BCUT2D eigenvalue weighted by Crippen LogP contribution is -2.43. The summed E-state index contributed by atoms with van der Waals surface area (Å²) in [6, 6.07) is 15.9. The molecule has 0 radical (unpaired) electrons. The number of nitrogens with one attached hydrogen (secondary N) is 1. The molecular formula is C36H33F3N8O3. The maximum Gasteiger partial charge on any atom is 0.433 e. The minimum Gasteiger partial charge on any atom is -0.338 e. The molecule has 2 amide bonds. The third-order valence-electron chi connectivity index (χ3n) is 10.1. The van der Waals surface area contributed by atoms with Crippen LogP contribution in [0.5, 0.6) is 0 Å². The Morgan fingerprint density at radius 3 is 2.54 bits per heavy atom. The van der Waals surface area contributed by atoms with Crippen LogP contribution in [0.3, 0.4) is 0 Å². The highest BCUT2D eigenvalue weighted by Crippen LogP contribution is 2.43. The number of rotatable bonds is 6. The van der Waals surface area contributed by atoms with E-state index >= 15 is 0 Å². The first kappa shape index (κ1) is 31.9. The maximum absolute atomic E-state index is 13.9. The summed E-state index contributed by atoms with van der Waals surface area (Å²) in [5, 5.41) is 11.6. The van der Waals surface area contributed by atoms with Gasteiger partial charge in [-0.1, -0.05) is 23.4 Å². The SMILES string of the molecule is Cc1noc(-c2ccc(C3=CCN(C(=O)CN4CCC5(CCN(c6ccc7[nH]nc(-c8ccnc(C(F)(F)F)c8)c7c6)C5=O)C4)CC3)cc2)n1. The molecule has 1 spiro atoms. The lowest BCUT2D eigenvalue weighted by molar-refractivity contribution is -0.141. The molecular weight excluding hydrogens is 649 g/mol. The monoisotopic (exact) mass is 682 g/mol. The number of hydrogen-bond donors (Lipinski definition) is 1. The van der Waals surface area contributed by atoms with Crippen LogP contribution in [0.25, 0.3) is 39.2 Å². The fourth-order valence-electron chi connectivity index (χ4n) is 7.35. The van der Waals surface area contributed by atoms with Gasteiger partial charge in [0.1, 0.15) is 11.4 Å². The van der Waals surface area contributed by atoms with Crippen molar-refractivity contribution in [2.75, 3.05) is 44.2 Å². The molecule has 50 heavy (non-hydrogen) atoms. The van der Waals surface area contributed by atoms with Gasteiger partial charge in [-0.3, -0.25) is 24.6 Å². The number of fused-ring (bicyclic) bond motifs is 1. The van der Waals surface area contributed by atoms with Gasteiger partial charge < -0.3 is 14.3 Å². The van der Waals surface area contributed by atoms with E-state index in [2.05, 4.69) is 36.3 Å². The van der Waals surface area contributed by atoms with Crippen LogP contribution in [-0.4, -0.2) is 86.2 Å². The van der Waals surface area contributed by atoms with E-state index in [1.165, 1.54) is 11.6 Å². The number of carbonyl (C=O) groups excluding carboxylic acids is 2. The van der Waals surface area contributed by atoms with Crippen molar-refractivity contribution in [2.24, 2.45) is 5.41 Å². The first-order valence-corrected chi connectivity index (χ1v) is 16.5. The van der Waals surface area contributed by atoms with Crippen LogP contribution in [0.15, 0.2) is 71.4 Å². The van der Waals surface area contributed by atoms with Crippen molar-refractivity contribution in [1.29, 1.82) is 0 Å². The van der Waals surface area contributed by atoms with Crippen LogP contribution in [-0.2, 0) is 15.8 Å². The second-order valence-electron chi connectivity index (χ2n) is 13.2. The number of benzene rings is 2. The lowest BCUT2D eigenvalue weighted by atomic mass is 9.85. The molecule has 0 saturated carbocycles. The average molecular weight is 683 g/mol. The molecule has 1 atom stereocenters. The summed E-state index contributed by atoms with van der Waals surface area (Å²) in [4.78, 5) is 40.7. The van der Waals surface area contributed by atoms with Gasteiger partial charge in [0, 0.05) is 54.6 Å². The smallest absolute Gasteiger partial charge is 0.338 e. The number of hydrogen-bond acceptors (Lipinski definition) is 8. The normalized spacial score (nSPS) is 20.0. The van der Waals surface area contributed by atoms with E-state index in [0.717, 1.165) is 29.8 Å². The van der Waals surface area contributed by atoms with Gasteiger partial charge in [0.25, 0.3) is 5.89 Å². The van der Waals surface area contributed by atoms with Crippen LogP contribution >= 0.6 is 0 Å². The number of H-pyrrole nitrogens is 1. The Labute approximate surface area is 284 Å². The lowest BCUT2D eigenvalue weighted by Gasteiger charge is -2.29. The number of nitrogens with zero attached hydrogens (tertiary/aromatic N) is 7. The first-order chi connectivity index (χ1) is 24.1. The number of alkyl halides is 3. The van der Waals surface area contributed by atoms with Gasteiger partial charge in [-0.15, -0.1) is 0 Å². The maximum atomic E-state index is 13.9. The molecule has 8 rings (SSSR count). The highest BCUT2D eigenvalue weighted by atomic mass is 19.4. The third-order valence-corrected chi connectivity index (χ3v) is 10.1. The van der Waals surface area contributed by atoms with Crippen molar-refractivity contribution in [3.8, 4) is 22.7 Å². The first-order valence-electron chi connectivity index (χ1n) is 16.5. The Balaban J connectivity index is 0.903. The van der Waals surface area contributed by atoms with E-state index < -0.39 is 17.3 Å². The number of aryl methyl sites for hydroxylation is 1. The van der Waals surface area contributed by atoms with Gasteiger partial charge in [-0.25, -0.2) is 0 Å². The second kappa shape index (κ2) is 12.2. The highest BCUT2D eigenvalue weighted by molar-refractivity contribution is 6.03. The van der Waals surface area contributed by atoms with Crippen LogP contribution in [0.1, 0.15) is 36.3 Å². The third kappa shape index (κ3) is 5.82. The van der Waals surface area contributed by atoms with Crippen molar-refractivity contribution in [2.45, 2.75) is 32.4 Å². The molecule has 0 bridgehead atoms. The van der Waals surface area contributed by atoms with Crippen molar-refractivity contribution >= 4 is 34.0 Å². The van der Waals surface area contributed by atoms with Crippen molar-refractivity contribution in [1.82, 2.24) is 35.1 Å². The Morgan fingerprint density at radius 2 is 1.80 bits per heavy atom. The van der Waals surface area contributed by atoms with Gasteiger partial charge in [0.15, 0.2) is 5.82 Å². The molecule has 5 aromatic rings. The summed E-state index contributed by atoms with van der Waals surface area (Å²) >= 11 is 0. The number of likely N-dealkylation sites (tertiary alicyclic amines) is 1. The molecule has 0 aliphatic carbocycles.